The van der Waals surface area contributed by atoms with Crippen LogP contribution in [0, 0.1) is 5.82 Å². The van der Waals surface area contributed by atoms with Crippen LogP contribution in [0.4, 0.5) is 4.39 Å². The van der Waals surface area contributed by atoms with Gasteiger partial charge in [-0.1, -0.05) is 67.9 Å². The van der Waals surface area contributed by atoms with Gasteiger partial charge in [0, 0.05) is 11.6 Å². The van der Waals surface area contributed by atoms with E-state index in [-0.39, 0.29) is 28.8 Å². The zero-order valence-electron chi connectivity index (χ0n) is 18.1. The molecule has 0 saturated carbocycles. The van der Waals surface area contributed by atoms with Gasteiger partial charge in [0.2, 0.25) is 5.76 Å². The summed E-state index contributed by atoms with van der Waals surface area (Å²) in [5.41, 5.74) is 2.69. The molecule has 2 heterocycles. The van der Waals surface area contributed by atoms with Crippen molar-refractivity contribution in [2.75, 3.05) is 0 Å². The Balaban J connectivity index is 1.72. The standard InChI is InChI=1S/C27H21ClFNO3/c1-15(2)16-7-9-17(10-8-16)24-23-25(31)20-13-19(29)11-12-22(20)33-26(23)27(32)30(24)14-18-5-3-4-6-21(18)28/h3-13,15,24H,14H2,1-2H3. The van der Waals surface area contributed by atoms with Crippen LogP contribution in [0.1, 0.15) is 58.6 Å². The summed E-state index contributed by atoms with van der Waals surface area (Å²) in [7, 11) is 0. The van der Waals surface area contributed by atoms with Crippen molar-refractivity contribution in [2.24, 2.45) is 0 Å². The van der Waals surface area contributed by atoms with Crippen LogP contribution in [0.2, 0.25) is 5.02 Å². The van der Waals surface area contributed by atoms with Gasteiger partial charge in [0.25, 0.3) is 5.91 Å². The molecule has 0 N–H and O–H groups in total. The predicted molar refractivity (Wildman–Crippen MR) is 126 cm³/mol. The van der Waals surface area contributed by atoms with E-state index in [4.69, 9.17) is 16.0 Å². The van der Waals surface area contributed by atoms with E-state index in [9.17, 15) is 14.0 Å². The summed E-state index contributed by atoms with van der Waals surface area (Å²) in [6, 6.07) is 18.2. The van der Waals surface area contributed by atoms with Gasteiger partial charge >= 0.3 is 0 Å². The summed E-state index contributed by atoms with van der Waals surface area (Å²) in [6.45, 7) is 4.40. The van der Waals surface area contributed by atoms with Crippen LogP contribution < -0.4 is 5.43 Å². The highest BCUT2D eigenvalue weighted by molar-refractivity contribution is 6.31. The van der Waals surface area contributed by atoms with Gasteiger partial charge in [-0.25, -0.2) is 4.39 Å². The Hall–Kier alpha value is -3.44. The molecular weight excluding hydrogens is 441 g/mol. The normalized spacial score (nSPS) is 15.5. The van der Waals surface area contributed by atoms with E-state index in [0.717, 1.165) is 22.8 Å². The first-order valence-electron chi connectivity index (χ1n) is 10.8. The molecule has 33 heavy (non-hydrogen) atoms. The van der Waals surface area contributed by atoms with Gasteiger partial charge < -0.3 is 9.32 Å². The summed E-state index contributed by atoms with van der Waals surface area (Å²) in [6.07, 6.45) is 0. The van der Waals surface area contributed by atoms with Crippen molar-refractivity contribution in [3.8, 4) is 0 Å². The number of carbonyl (C=O) groups excluding carboxylic acids is 1. The molecule has 0 bridgehead atoms. The second-order valence-electron chi connectivity index (χ2n) is 8.56. The molecule has 1 atom stereocenters. The molecule has 1 aliphatic rings. The van der Waals surface area contributed by atoms with Crippen LogP contribution >= 0.6 is 11.6 Å². The third-order valence-electron chi connectivity index (χ3n) is 6.15. The van der Waals surface area contributed by atoms with E-state index in [1.54, 1.807) is 11.0 Å². The van der Waals surface area contributed by atoms with E-state index in [2.05, 4.69) is 13.8 Å². The average Bonchev–Trinajstić information content (AvgIpc) is 3.08. The second-order valence-corrected chi connectivity index (χ2v) is 8.97. The predicted octanol–water partition coefficient (Wildman–Crippen LogP) is 6.45. The summed E-state index contributed by atoms with van der Waals surface area (Å²) in [5, 5.41) is 0.645. The Morgan fingerprint density at radius 2 is 1.76 bits per heavy atom. The molecule has 0 fully saturated rings. The van der Waals surface area contributed by atoms with E-state index < -0.39 is 23.2 Å². The maximum absolute atomic E-state index is 13.9. The van der Waals surface area contributed by atoms with Crippen molar-refractivity contribution in [2.45, 2.75) is 32.4 Å². The van der Waals surface area contributed by atoms with Crippen molar-refractivity contribution in [1.29, 1.82) is 0 Å². The van der Waals surface area contributed by atoms with E-state index in [0.29, 0.717) is 10.9 Å². The van der Waals surface area contributed by atoms with Gasteiger partial charge in [0.15, 0.2) is 5.43 Å². The van der Waals surface area contributed by atoms with Crippen LogP contribution in [-0.4, -0.2) is 10.8 Å². The lowest BCUT2D eigenvalue weighted by molar-refractivity contribution is 0.0714. The quantitative estimate of drug-likeness (QED) is 0.350. The fourth-order valence-corrected chi connectivity index (χ4v) is 4.57. The highest BCUT2D eigenvalue weighted by atomic mass is 35.5. The zero-order valence-corrected chi connectivity index (χ0v) is 18.9. The minimum Gasteiger partial charge on any atom is -0.450 e. The summed E-state index contributed by atoms with van der Waals surface area (Å²) < 4.78 is 19.8. The number of rotatable bonds is 4. The van der Waals surface area contributed by atoms with Crippen molar-refractivity contribution < 1.29 is 13.6 Å². The number of fused-ring (bicyclic) bond motifs is 2. The Kier molecular flexibility index (Phi) is 5.29. The molecule has 1 aliphatic heterocycles. The Morgan fingerprint density at radius 1 is 1.03 bits per heavy atom. The summed E-state index contributed by atoms with van der Waals surface area (Å²) in [4.78, 5) is 28.6. The van der Waals surface area contributed by atoms with Crippen LogP contribution in [0.25, 0.3) is 11.0 Å². The number of halogens is 2. The van der Waals surface area contributed by atoms with E-state index in [1.165, 1.54) is 12.1 Å². The zero-order chi connectivity index (χ0) is 23.3. The van der Waals surface area contributed by atoms with E-state index >= 15 is 0 Å². The lowest BCUT2D eigenvalue weighted by Crippen LogP contribution is -2.29. The molecule has 166 valence electrons. The monoisotopic (exact) mass is 461 g/mol. The van der Waals surface area contributed by atoms with Gasteiger partial charge in [-0.15, -0.1) is 0 Å². The smallest absolute Gasteiger partial charge is 0.291 e. The lowest BCUT2D eigenvalue weighted by atomic mass is 9.95. The maximum atomic E-state index is 13.9. The van der Waals surface area contributed by atoms with Gasteiger partial charge in [0.05, 0.1) is 17.0 Å². The first-order chi connectivity index (χ1) is 15.8. The molecule has 6 heteroatoms. The van der Waals surface area contributed by atoms with Crippen molar-refractivity contribution in [3.63, 3.8) is 0 Å². The molecular formula is C27H21ClFNO3. The molecule has 0 saturated heterocycles. The Morgan fingerprint density at radius 3 is 2.45 bits per heavy atom. The molecule has 1 amide bonds. The van der Waals surface area contributed by atoms with Crippen molar-refractivity contribution in [3.05, 3.63) is 116 Å². The highest BCUT2D eigenvalue weighted by Crippen LogP contribution is 2.40. The largest absolute Gasteiger partial charge is 0.450 e. The van der Waals surface area contributed by atoms with Gasteiger partial charge in [-0.2, -0.15) is 0 Å². The lowest BCUT2D eigenvalue weighted by Gasteiger charge is -2.26. The fraction of sp³-hybridized carbons (Fsp3) is 0.185. The van der Waals surface area contributed by atoms with Crippen LogP contribution in [0.15, 0.2) is 75.9 Å². The topological polar surface area (TPSA) is 50.5 Å². The van der Waals surface area contributed by atoms with E-state index in [1.807, 2.05) is 42.5 Å². The number of nitrogens with zero attached hydrogens (tertiary/aromatic N) is 1. The number of hydrogen-bond acceptors (Lipinski definition) is 3. The molecule has 4 nitrogen and oxygen atoms in total. The van der Waals surface area contributed by atoms with Crippen molar-refractivity contribution >= 4 is 28.5 Å². The third kappa shape index (κ3) is 3.62. The van der Waals surface area contributed by atoms with Gasteiger partial charge in [-0.05, 0) is 46.9 Å². The minimum absolute atomic E-state index is 0.0101. The maximum Gasteiger partial charge on any atom is 0.291 e. The molecule has 0 spiro atoms. The number of benzene rings is 3. The molecule has 1 unspecified atom stereocenters. The summed E-state index contributed by atoms with van der Waals surface area (Å²) in [5.74, 6) is -0.604. The minimum atomic E-state index is -0.672. The van der Waals surface area contributed by atoms with Gasteiger partial charge in [0.1, 0.15) is 11.4 Å². The average molecular weight is 462 g/mol. The van der Waals surface area contributed by atoms with Crippen molar-refractivity contribution in [1.82, 2.24) is 4.90 Å². The third-order valence-corrected chi connectivity index (χ3v) is 6.51. The first-order valence-corrected chi connectivity index (χ1v) is 11.1. The second kappa shape index (κ2) is 8.16. The first kappa shape index (κ1) is 21.4. The SMILES string of the molecule is CC(C)c1ccc(C2c3c(oc4ccc(F)cc4c3=O)C(=O)N2Cc2ccccc2Cl)cc1. The molecule has 4 aromatic rings. The highest BCUT2D eigenvalue weighted by Gasteiger charge is 2.42. The summed E-state index contributed by atoms with van der Waals surface area (Å²) >= 11 is 6.38. The molecule has 5 rings (SSSR count). The Labute approximate surface area is 195 Å². The molecule has 1 aromatic heterocycles. The fourth-order valence-electron chi connectivity index (χ4n) is 4.38. The van der Waals surface area contributed by atoms with Crippen LogP contribution in [0.3, 0.4) is 0 Å². The number of carbonyl (C=O) groups is 1. The van der Waals surface area contributed by atoms with Crippen LogP contribution in [0.5, 0.6) is 0 Å². The van der Waals surface area contributed by atoms with Crippen LogP contribution in [-0.2, 0) is 6.54 Å². The van der Waals surface area contributed by atoms with Gasteiger partial charge in [-0.3, -0.25) is 9.59 Å². The number of amides is 1. The Bertz CT molecular complexity index is 1440. The molecule has 3 aromatic carbocycles. The molecule has 0 radical (unpaired) electrons. The number of hydrogen-bond donors (Lipinski definition) is 0. The molecule has 0 aliphatic carbocycles.